The summed E-state index contributed by atoms with van der Waals surface area (Å²) in [5.74, 6) is -0.594. The first-order valence-corrected chi connectivity index (χ1v) is 10.7. The van der Waals surface area contributed by atoms with Gasteiger partial charge >= 0.3 is 12.0 Å². The van der Waals surface area contributed by atoms with E-state index in [-0.39, 0.29) is 30.4 Å². The standard InChI is InChI=1S/C25H18ClN3O6/c1-33-24(31)22-9-7-18(35-22)13-29-23(30)20(28-25(29)32)11-15-6-8-21(19(26)10-15)34-14-17-5-3-2-4-16(17)12-27/h2-11H,13-14H2,1H3,(H,28,32)/b20-11-. The third kappa shape index (κ3) is 5.18. The summed E-state index contributed by atoms with van der Waals surface area (Å²) in [7, 11) is 1.22. The summed E-state index contributed by atoms with van der Waals surface area (Å²) in [6.07, 6.45) is 1.49. The highest BCUT2D eigenvalue weighted by molar-refractivity contribution is 6.32. The van der Waals surface area contributed by atoms with Crippen molar-refractivity contribution in [3.8, 4) is 11.8 Å². The van der Waals surface area contributed by atoms with E-state index in [0.29, 0.717) is 21.9 Å². The van der Waals surface area contributed by atoms with E-state index in [4.69, 9.17) is 20.8 Å². The number of furan rings is 1. The van der Waals surface area contributed by atoms with Crippen molar-refractivity contribution in [1.82, 2.24) is 10.2 Å². The molecule has 10 heteroatoms. The Hall–Kier alpha value is -4.55. The molecule has 1 N–H and O–H groups in total. The van der Waals surface area contributed by atoms with E-state index in [1.165, 1.54) is 25.3 Å². The van der Waals surface area contributed by atoms with Gasteiger partial charge in [0.15, 0.2) is 0 Å². The van der Waals surface area contributed by atoms with Gasteiger partial charge in [0.25, 0.3) is 5.91 Å². The van der Waals surface area contributed by atoms with Crippen LogP contribution in [0.5, 0.6) is 5.75 Å². The number of urea groups is 1. The minimum atomic E-state index is -0.660. The molecule has 4 rings (SSSR count). The van der Waals surface area contributed by atoms with Gasteiger partial charge in [0.1, 0.15) is 23.8 Å². The summed E-state index contributed by atoms with van der Waals surface area (Å²) < 4.78 is 15.7. The van der Waals surface area contributed by atoms with E-state index < -0.39 is 17.9 Å². The molecule has 2 heterocycles. The Labute approximate surface area is 205 Å². The topological polar surface area (TPSA) is 122 Å². The van der Waals surface area contributed by atoms with Crippen LogP contribution in [0.15, 0.2) is 64.7 Å². The Balaban J connectivity index is 1.44. The van der Waals surface area contributed by atoms with Crippen molar-refractivity contribution >= 4 is 35.6 Å². The Bertz CT molecular complexity index is 1390. The number of nitrogens with zero attached hydrogens (tertiary/aromatic N) is 2. The van der Waals surface area contributed by atoms with Gasteiger partial charge in [-0.1, -0.05) is 35.9 Å². The van der Waals surface area contributed by atoms with Crippen molar-refractivity contribution < 1.29 is 28.3 Å². The van der Waals surface area contributed by atoms with Crippen LogP contribution in [0.1, 0.15) is 33.0 Å². The third-order valence-electron chi connectivity index (χ3n) is 5.11. The number of hydrogen-bond acceptors (Lipinski definition) is 7. The summed E-state index contributed by atoms with van der Waals surface area (Å²) in [6.45, 7) is 0.00850. The Morgan fingerprint density at radius 2 is 2.00 bits per heavy atom. The van der Waals surface area contributed by atoms with Crippen LogP contribution in [-0.2, 0) is 22.7 Å². The Kier molecular flexibility index (Phi) is 6.85. The number of methoxy groups -OCH3 is 1. The highest BCUT2D eigenvalue weighted by Crippen LogP contribution is 2.28. The first kappa shape index (κ1) is 23.6. The smallest absolute Gasteiger partial charge is 0.373 e. The van der Waals surface area contributed by atoms with Crippen molar-refractivity contribution in [2.24, 2.45) is 0 Å². The average molecular weight is 492 g/mol. The average Bonchev–Trinajstić information content (AvgIpc) is 3.43. The zero-order valence-electron chi connectivity index (χ0n) is 18.4. The lowest BCUT2D eigenvalue weighted by Gasteiger charge is -2.10. The predicted octanol–water partition coefficient (Wildman–Crippen LogP) is 4.26. The second-order valence-corrected chi connectivity index (χ2v) is 7.79. The molecule has 0 spiro atoms. The normalized spacial score (nSPS) is 14.1. The van der Waals surface area contributed by atoms with Gasteiger partial charge in [-0.15, -0.1) is 0 Å². The number of carbonyl (C=O) groups is 3. The van der Waals surface area contributed by atoms with Crippen LogP contribution in [0, 0.1) is 11.3 Å². The number of nitriles is 1. The molecule has 9 nitrogen and oxygen atoms in total. The first-order valence-electron chi connectivity index (χ1n) is 10.3. The maximum atomic E-state index is 12.8. The van der Waals surface area contributed by atoms with Gasteiger partial charge < -0.3 is 19.2 Å². The van der Waals surface area contributed by atoms with Gasteiger partial charge in [-0.2, -0.15) is 5.26 Å². The second-order valence-electron chi connectivity index (χ2n) is 7.38. The molecule has 1 aliphatic rings. The molecule has 2 aromatic carbocycles. The number of rotatable bonds is 7. The fraction of sp³-hybridized carbons (Fsp3) is 0.120. The third-order valence-corrected chi connectivity index (χ3v) is 5.41. The minimum absolute atomic E-state index is 0.0293. The predicted molar refractivity (Wildman–Crippen MR) is 124 cm³/mol. The van der Waals surface area contributed by atoms with Crippen LogP contribution in [0.4, 0.5) is 4.79 Å². The monoisotopic (exact) mass is 491 g/mol. The molecule has 176 valence electrons. The number of amides is 3. The van der Waals surface area contributed by atoms with Gasteiger partial charge in [-0.25, -0.2) is 9.59 Å². The van der Waals surface area contributed by atoms with E-state index in [1.807, 2.05) is 6.07 Å². The number of esters is 1. The van der Waals surface area contributed by atoms with Crippen molar-refractivity contribution in [3.63, 3.8) is 0 Å². The number of nitrogens with one attached hydrogen (secondary N) is 1. The quantitative estimate of drug-likeness (QED) is 0.297. The van der Waals surface area contributed by atoms with Crippen LogP contribution in [0.25, 0.3) is 6.08 Å². The number of halogens is 1. The SMILES string of the molecule is COC(=O)c1ccc(CN2C(=O)N/C(=C\c3ccc(OCc4ccccc4C#N)c(Cl)c3)C2=O)o1. The number of imide groups is 1. The van der Waals surface area contributed by atoms with Crippen LogP contribution in [0.2, 0.25) is 5.02 Å². The zero-order chi connectivity index (χ0) is 24.9. The molecule has 0 unspecified atom stereocenters. The minimum Gasteiger partial charge on any atom is -0.487 e. The number of ether oxygens (including phenoxy) is 2. The highest BCUT2D eigenvalue weighted by Gasteiger charge is 2.34. The second kappa shape index (κ2) is 10.2. The molecule has 0 radical (unpaired) electrons. The lowest BCUT2D eigenvalue weighted by atomic mass is 10.1. The maximum absolute atomic E-state index is 12.8. The van der Waals surface area contributed by atoms with Gasteiger partial charge in [-0.3, -0.25) is 9.69 Å². The molecular weight excluding hydrogens is 474 g/mol. The van der Waals surface area contributed by atoms with E-state index in [2.05, 4.69) is 16.1 Å². The van der Waals surface area contributed by atoms with Crippen LogP contribution in [-0.4, -0.2) is 29.9 Å². The molecule has 0 bridgehead atoms. The molecule has 1 aliphatic heterocycles. The van der Waals surface area contributed by atoms with Crippen LogP contribution in [0.3, 0.4) is 0 Å². The zero-order valence-corrected chi connectivity index (χ0v) is 19.2. The largest absolute Gasteiger partial charge is 0.487 e. The summed E-state index contributed by atoms with van der Waals surface area (Å²) in [5, 5.41) is 12.0. The van der Waals surface area contributed by atoms with Crippen molar-refractivity contribution in [3.05, 3.63) is 93.5 Å². The van der Waals surface area contributed by atoms with Gasteiger partial charge in [0.05, 0.1) is 30.3 Å². The molecule has 1 fully saturated rings. The number of benzene rings is 2. The summed E-state index contributed by atoms with van der Waals surface area (Å²) in [4.78, 5) is 37.6. The molecule has 1 saturated heterocycles. The Morgan fingerprint density at radius 3 is 2.74 bits per heavy atom. The van der Waals surface area contributed by atoms with E-state index >= 15 is 0 Å². The van der Waals surface area contributed by atoms with Crippen molar-refractivity contribution in [1.29, 1.82) is 5.26 Å². The first-order chi connectivity index (χ1) is 16.9. The molecule has 1 aromatic heterocycles. The van der Waals surface area contributed by atoms with Gasteiger partial charge in [0.2, 0.25) is 5.76 Å². The van der Waals surface area contributed by atoms with Crippen LogP contribution < -0.4 is 10.1 Å². The van der Waals surface area contributed by atoms with Crippen LogP contribution >= 0.6 is 11.6 Å². The molecule has 35 heavy (non-hydrogen) atoms. The molecule has 3 aromatic rings. The fourth-order valence-corrected chi connectivity index (χ4v) is 3.59. The Morgan fingerprint density at radius 1 is 1.20 bits per heavy atom. The maximum Gasteiger partial charge on any atom is 0.373 e. The van der Waals surface area contributed by atoms with E-state index in [9.17, 15) is 19.6 Å². The molecule has 3 amide bonds. The highest BCUT2D eigenvalue weighted by atomic mass is 35.5. The lowest BCUT2D eigenvalue weighted by molar-refractivity contribution is -0.123. The summed E-state index contributed by atoms with van der Waals surface area (Å²) in [5.41, 5.74) is 1.87. The summed E-state index contributed by atoms with van der Waals surface area (Å²) >= 11 is 6.34. The molecule has 0 aliphatic carbocycles. The molecule has 0 atom stereocenters. The van der Waals surface area contributed by atoms with Crippen molar-refractivity contribution in [2.45, 2.75) is 13.2 Å². The van der Waals surface area contributed by atoms with Crippen molar-refractivity contribution in [2.75, 3.05) is 7.11 Å². The van der Waals surface area contributed by atoms with E-state index in [0.717, 1.165) is 10.5 Å². The van der Waals surface area contributed by atoms with Gasteiger partial charge in [-0.05, 0) is 42.0 Å². The fourth-order valence-electron chi connectivity index (χ4n) is 3.35. The molecular formula is C25H18ClN3O6. The lowest BCUT2D eigenvalue weighted by Crippen LogP contribution is -2.30. The number of hydrogen-bond donors (Lipinski definition) is 1. The molecule has 0 saturated carbocycles. The van der Waals surface area contributed by atoms with E-state index in [1.54, 1.807) is 36.4 Å². The number of carbonyl (C=O) groups excluding carboxylic acids is 3. The summed E-state index contributed by atoms with van der Waals surface area (Å²) in [6, 6.07) is 16.4. The van der Waals surface area contributed by atoms with Gasteiger partial charge in [0, 0.05) is 5.56 Å².